The monoisotopic (exact) mass is 294 g/mol. The van der Waals surface area contributed by atoms with Crippen LogP contribution in [-0.2, 0) is 4.74 Å². The molecular weight excluding hydrogens is 260 g/mol. The van der Waals surface area contributed by atoms with Gasteiger partial charge >= 0.3 is 0 Å². The van der Waals surface area contributed by atoms with Crippen molar-refractivity contribution in [2.75, 3.05) is 26.2 Å². The van der Waals surface area contributed by atoms with Crippen LogP contribution in [0.2, 0.25) is 0 Å². The third kappa shape index (κ3) is 3.80. The Kier molecular flexibility index (Phi) is 5.23. The first kappa shape index (κ1) is 15.8. The summed E-state index contributed by atoms with van der Waals surface area (Å²) in [6, 6.07) is 0.682. The average molecular weight is 294 g/mol. The molecule has 2 heterocycles. The van der Waals surface area contributed by atoms with E-state index in [1.165, 1.54) is 71.0 Å². The van der Waals surface area contributed by atoms with Gasteiger partial charge in [-0.25, -0.2) is 0 Å². The first-order chi connectivity index (χ1) is 10.2. The normalized spacial score (nSPS) is 32.0. The van der Waals surface area contributed by atoms with E-state index < -0.39 is 0 Å². The molecule has 3 rings (SSSR count). The molecule has 1 N–H and O–H groups in total. The van der Waals surface area contributed by atoms with E-state index in [-0.39, 0.29) is 0 Å². The van der Waals surface area contributed by atoms with E-state index in [9.17, 15) is 0 Å². The topological polar surface area (TPSA) is 24.5 Å². The fourth-order valence-electron chi connectivity index (χ4n) is 4.82. The number of ether oxygens (including phenoxy) is 1. The second kappa shape index (κ2) is 6.97. The zero-order valence-electron chi connectivity index (χ0n) is 14.1. The third-order valence-electron chi connectivity index (χ3n) is 6.18. The number of likely N-dealkylation sites (tertiary alicyclic amines) is 1. The van der Waals surface area contributed by atoms with Crippen LogP contribution in [0.3, 0.4) is 0 Å². The van der Waals surface area contributed by atoms with Crippen LogP contribution in [0.1, 0.15) is 65.2 Å². The van der Waals surface area contributed by atoms with E-state index in [1.807, 2.05) is 0 Å². The Hall–Kier alpha value is -0.120. The second-order valence-corrected chi connectivity index (χ2v) is 7.65. The van der Waals surface area contributed by atoms with Crippen molar-refractivity contribution in [3.63, 3.8) is 0 Å². The van der Waals surface area contributed by atoms with Crippen molar-refractivity contribution in [2.24, 2.45) is 5.92 Å². The molecule has 0 aromatic rings. The Morgan fingerprint density at radius 1 is 1.14 bits per heavy atom. The molecule has 0 aromatic carbocycles. The number of hydrogen-bond acceptors (Lipinski definition) is 3. The van der Waals surface area contributed by atoms with Crippen LogP contribution in [0.25, 0.3) is 0 Å². The molecule has 0 aromatic heterocycles. The Morgan fingerprint density at radius 2 is 1.86 bits per heavy atom. The number of piperidine rings is 1. The smallest absolute Gasteiger partial charge is 0.0710 e. The van der Waals surface area contributed by atoms with E-state index in [0.717, 1.165) is 12.5 Å². The minimum absolute atomic E-state index is 0.308. The van der Waals surface area contributed by atoms with Gasteiger partial charge in [-0.05, 0) is 71.0 Å². The van der Waals surface area contributed by atoms with Gasteiger partial charge in [-0.2, -0.15) is 0 Å². The van der Waals surface area contributed by atoms with E-state index in [2.05, 4.69) is 24.1 Å². The van der Waals surface area contributed by atoms with Crippen molar-refractivity contribution in [3.05, 3.63) is 0 Å². The largest absolute Gasteiger partial charge is 0.370 e. The van der Waals surface area contributed by atoms with Crippen LogP contribution in [0.5, 0.6) is 0 Å². The molecular formula is C18H34N2O. The maximum absolute atomic E-state index is 6.47. The number of rotatable bonds is 5. The molecule has 1 saturated carbocycles. The highest BCUT2D eigenvalue weighted by Gasteiger charge is 2.42. The fraction of sp³-hybridized carbons (Fsp3) is 1.00. The standard InChI is InChI=1S/C18H34N2O/c1-3-19-15(2)16-7-12-20(13-8-16)14-17-6-11-18(21-17)9-4-5-10-18/h15-17,19H,3-14H2,1-2H3. The highest BCUT2D eigenvalue weighted by atomic mass is 16.5. The summed E-state index contributed by atoms with van der Waals surface area (Å²) < 4.78 is 6.47. The van der Waals surface area contributed by atoms with Gasteiger partial charge in [0, 0.05) is 12.6 Å². The maximum Gasteiger partial charge on any atom is 0.0710 e. The van der Waals surface area contributed by atoms with Gasteiger partial charge in [-0.1, -0.05) is 19.8 Å². The van der Waals surface area contributed by atoms with Crippen LogP contribution in [0.15, 0.2) is 0 Å². The molecule has 0 bridgehead atoms. The molecule has 0 amide bonds. The van der Waals surface area contributed by atoms with Gasteiger partial charge in [0.1, 0.15) is 0 Å². The molecule has 21 heavy (non-hydrogen) atoms. The SMILES string of the molecule is CCNC(C)C1CCN(CC2CCC3(CCCC3)O2)CC1. The fourth-order valence-corrected chi connectivity index (χ4v) is 4.82. The number of hydrogen-bond donors (Lipinski definition) is 1. The molecule has 3 fully saturated rings. The molecule has 3 nitrogen and oxygen atoms in total. The molecule has 0 radical (unpaired) electrons. The third-order valence-corrected chi connectivity index (χ3v) is 6.18. The van der Waals surface area contributed by atoms with Crippen molar-refractivity contribution in [3.8, 4) is 0 Å². The summed E-state index contributed by atoms with van der Waals surface area (Å²) in [5.74, 6) is 0.867. The van der Waals surface area contributed by atoms with Gasteiger partial charge in [-0.15, -0.1) is 0 Å². The Labute approximate surface area is 130 Å². The summed E-state index contributed by atoms with van der Waals surface area (Å²) in [5, 5.41) is 3.59. The summed E-state index contributed by atoms with van der Waals surface area (Å²) in [4.78, 5) is 2.66. The first-order valence-electron chi connectivity index (χ1n) is 9.34. The van der Waals surface area contributed by atoms with Crippen molar-refractivity contribution in [2.45, 2.75) is 83.0 Å². The van der Waals surface area contributed by atoms with Crippen molar-refractivity contribution < 1.29 is 4.74 Å². The van der Waals surface area contributed by atoms with Crippen molar-refractivity contribution in [1.29, 1.82) is 0 Å². The molecule has 2 saturated heterocycles. The average Bonchev–Trinajstić information content (AvgIpc) is 3.11. The van der Waals surface area contributed by atoms with Crippen LogP contribution < -0.4 is 5.32 Å². The lowest BCUT2D eigenvalue weighted by Gasteiger charge is -2.36. The van der Waals surface area contributed by atoms with Crippen LogP contribution in [0.4, 0.5) is 0 Å². The molecule has 2 unspecified atom stereocenters. The predicted molar refractivity (Wildman–Crippen MR) is 87.6 cm³/mol. The molecule has 2 atom stereocenters. The second-order valence-electron chi connectivity index (χ2n) is 7.65. The van der Waals surface area contributed by atoms with Gasteiger partial charge in [0.05, 0.1) is 11.7 Å². The summed E-state index contributed by atoms with van der Waals surface area (Å²) in [6.07, 6.45) is 11.3. The molecule has 2 aliphatic heterocycles. The van der Waals surface area contributed by atoms with E-state index in [4.69, 9.17) is 4.74 Å². The summed E-state index contributed by atoms with van der Waals surface area (Å²) in [6.45, 7) is 9.39. The van der Waals surface area contributed by atoms with Gasteiger partial charge in [-0.3, -0.25) is 0 Å². The zero-order valence-corrected chi connectivity index (χ0v) is 14.1. The number of nitrogens with zero attached hydrogens (tertiary/aromatic N) is 1. The van der Waals surface area contributed by atoms with Gasteiger partial charge in [0.25, 0.3) is 0 Å². The first-order valence-corrected chi connectivity index (χ1v) is 9.34. The van der Waals surface area contributed by atoms with Gasteiger partial charge in [0.15, 0.2) is 0 Å². The molecule has 1 spiro atoms. The molecule has 3 aliphatic rings. The lowest BCUT2D eigenvalue weighted by Crippen LogP contribution is -2.44. The molecule has 122 valence electrons. The Balaban J connectivity index is 1.40. The quantitative estimate of drug-likeness (QED) is 0.843. The van der Waals surface area contributed by atoms with E-state index in [0.29, 0.717) is 17.7 Å². The van der Waals surface area contributed by atoms with Crippen molar-refractivity contribution >= 4 is 0 Å². The van der Waals surface area contributed by atoms with E-state index in [1.54, 1.807) is 0 Å². The van der Waals surface area contributed by atoms with Crippen LogP contribution >= 0.6 is 0 Å². The van der Waals surface area contributed by atoms with Crippen LogP contribution in [-0.4, -0.2) is 48.8 Å². The predicted octanol–water partition coefficient (Wildman–Crippen LogP) is 3.19. The van der Waals surface area contributed by atoms with E-state index >= 15 is 0 Å². The van der Waals surface area contributed by atoms with Crippen LogP contribution in [0, 0.1) is 5.92 Å². The summed E-state index contributed by atoms with van der Waals surface area (Å²) >= 11 is 0. The van der Waals surface area contributed by atoms with Crippen molar-refractivity contribution in [1.82, 2.24) is 10.2 Å². The minimum Gasteiger partial charge on any atom is -0.370 e. The Bertz CT molecular complexity index is 319. The summed E-state index contributed by atoms with van der Waals surface area (Å²) in [7, 11) is 0. The van der Waals surface area contributed by atoms with Gasteiger partial charge in [0.2, 0.25) is 0 Å². The zero-order chi connectivity index (χ0) is 14.7. The highest BCUT2D eigenvalue weighted by molar-refractivity contribution is 4.94. The lowest BCUT2D eigenvalue weighted by atomic mass is 9.90. The Morgan fingerprint density at radius 3 is 2.52 bits per heavy atom. The maximum atomic E-state index is 6.47. The molecule has 1 aliphatic carbocycles. The van der Waals surface area contributed by atoms with Gasteiger partial charge < -0.3 is 15.0 Å². The highest BCUT2D eigenvalue weighted by Crippen LogP contribution is 2.43. The summed E-state index contributed by atoms with van der Waals surface area (Å²) in [5.41, 5.74) is 0.308. The number of nitrogens with one attached hydrogen (secondary N) is 1. The molecule has 3 heteroatoms. The lowest BCUT2D eigenvalue weighted by molar-refractivity contribution is -0.0501. The minimum atomic E-state index is 0.308.